The van der Waals surface area contributed by atoms with Gasteiger partial charge in [0, 0.05) is 6.42 Å². The van der Waals surface area contributed by atoms with Crippen LogP contribution in [0.4, 0.5) is 0 Å². The molecule has 0 fully saturated rings. The Morgan fingerprint density at radius 3 is 2.21 bits per heavy atom. The van der Waals surface area contributed by atoms with E-state index in [-0.39, 0.29) is 11.8 Å². The smallest absolute Gasteiger partial charge is 0.0888 e. The van der Waals surface area contributed by atoms with Crippen molar-refractivity contribution >= 4 is 0 Å². The lowest BCUT2D eigenvalue weighted by Crippen LogP contribution is -2.22. The first-order chi connectivity index (χ1) is 6.52. The number of allylic oxidation sites excluding steroid dienone is 1. The molecule has 1 unspecified atom stereocenters. The molecule has 2 nitrogen and oxygen atoms in total. The number of rotatable bonds is 6. The summed E-state index contributed by atoms with van der Waals surface area (Å²) in [6.45, 7) is 14.4. The van der Waals surface area contributed by atoms with Crippen LogP contribution in [0.2, 0.25) is 0 Å². The van der Waals surface area contributed by atoms with Crippen molar-refractivity contribution in [1.82, 2.24) is 0 Å². The average Bonchev–Trinajstić information content (AvgIpc) is 2.16. The van der Waals surface area contributed by atoms with E-state index >= 15 is 0 Å². The molecule has 0 spiro atoms. The van der Waals surface area contributed by atoms with Crippen LogP contribution in [-0.4, -0.2) is 11.1 Å². The molecular weight excluding hydrogens is 174 g/mol. The SMILES string of the molecule is C=CC(=C)C(N)/C(C=C)=C/CC(=C)O. The van der Waals surface area contributed by atoms with Crippen LogP contribution < -0.4 is 5.73 Å². The van der Waals surface area contributed by atoms with E-state index in [0.717, 1.165) is 11.1 Å². The van der Waals surface area contributed by atoms with Gasteiger partial charge >= 0.3 is 0 Å². The molecule has 76 valence electrons. The predicted molar refractivity (Wildman–Crippen MR) is 62.0 cm³/mol. The standard InChI is InChI=1S/C12H17NO/c1-5-9(3)12(13)11(6-2)8-7-10(4)14/h5-6,8,12,14H,1-4,7,13H2/b11-8+. The number of hydrogen-bond donors (Lipinski definition) is 2. The Hall–Kier alpha value is -1.54. The van der Waals surface area contributed by atoms with Crippen LogP contribution in [-0.2, 0) is 0 Å². The van der Waals surface area contributed by atoms with Crippen molar-refractivity contribution in [2.45, 2.75) is 12.5 Å². The molecule has 0 bridgehead atoms. The first kappa shape index (κ1) is 12.5. The predicted octanol–water partition coefficient (Wildman–Crippen LogP) is 2.63. The van der Waals surface area contributed by atoms with Crippen molar-refractivity contribution < 1.29 is 5.11 Å². The second kappa shape index (κ2) is 6.00. The van der Waals surface area contributed by atoms with Gasteiger partial charge in [-0.2, -0.15) is 0 Å². The van der Waals surface area contributed by atoms with Crippen LogP contribution in [0.15, 0.2) is 61.4 Å². The first-order valence-corrected chi connectivity index (χ1v) is 4.29. The van der Waals surface area contributed by atoms with Crippen LogP contribution in [0.3, 0.4) is 0 Å². The van der Waals surface area contributed by atoms with Gasteiger partial charge in [-0.25, -0.2) is 0 Å². The molecule has 0 rings (SSSR count). The summed E-state index contributed by atoms with van der Waals surface area (Å²) in [4.78, 5) is 0. The maximum atomic E-state index is 8.92. The molecule has 2 heteroatoms. The van der Waals surface area contributed by atoms with E-state index < -0.39 is 0 Å². The summed E-state index contributed by atoms with van der Waals surface area (Å²) in [5.41, 5.74) is 7.38. The van der Waals surface area contributed by atoms with Gasteiger partial charge < -0.3 is 10.8 Å². The van der Waals surface area contributed by atoms with Gasteiger partial charge in [0.2, 0.25) is 0 Å². The Balaban J connectivity index is 4.62. The normalized spacial score (nSPS) is 13.1. The molecule has 0 saturated heterocycles. The summed E-state index contributed by atoms with van der Waals surface area (Å²) < 4.78 is 0. The molecule has 0 aromatic heterocycles. The fourth-order valence-corrected chi connectivity index (χ4v) is 0.914. The molecule has 3 N–H and O–H groups in total. The lowest BCUT2D eigenvalue weighted by atomic mass is 10.00. The largest absolute Gasteiger partial charge is 0.513 e. The van der Waals surface area contributed by atoms with E-state index in [4.69, 9.17) is 10.8 Å². The topological polar surface area (TPSA) is 46.2 Å². The van der Waals surface area contributed by atoms with Gasteiger partial charge in [-0.05, 0) is 11.1 Å². The quantitative estimate of drug-likeness (QED) is 0.501. The highest BCUT2D eigenvalue weighted by atomic mass is 16.3. The monoisotopic (exact) mass is 191 g/mol. The fraction of sp³-hybridized carbons (Fsp3) is 0.167. The van der Waals surface area contributed by atoms with Crippen molar-refractivity contribution in [3.05, 3.63) is 61.4 Å². The zero-order chi connectivity index (χ0) is 11.1. The van der Waals surface area contributed by atoms with Crippen molar-refractivity contribution in [2.75, 3.05) is 0 Å². The van der Waals surface area contributed by atoms with Crippen LogP contribution in [0, 0.1) is 0 Å². The second-order valence-electron chi connectivity index (χ2n) is 2.94. The molecule has 0 aromatic carbocycles. The Morgan fingerprint density at radius 1 is 1.29 bits per heavy atom. The van der Waals surface area contributed by atoms with E-state index in [9.17, 15) is 0 Å². The third kappa shape index (κ3) is 3.92. The molecule has 0 radical (unpaired) electrons. The number of aliphatic hydroxyl groups is 1. The third-order valence-electron chi connectivity index (χ3n) is 1.83. The van der Waals surface area contributed by atoms with Gasteiger partial charge in [-0.15, -0.1) is 0 Å². The zero-order valence-corrected chi connectivity index (χ0v) is 8.37. The van der Waals surface area contributed by atoms with E-state index in [1.54, 1.807) is 18.2 Å². The van der Waals surface area contributed by atoms with Gasteiger partial charge in [0.25, 0.3) is 0 Å². The van der Waals surface area contributed by atoms with Gasteiger partial charge in [0.05, 0.1) is 11.8 Å². The molecule has 0 saturated carbocycles. The number of nitrogens with two attached hydrogens (primary N) is 1. The molecule has 0 heterocycles. The van der Waals surface area contributed by atoms with Crippen LogP contribution >= 0.6 is 0 Å². The second-order valence-corrected chi connectivity index (χ2v) is 2.94. The molecular formula is C12H17NO. The molecule has 14 heavy (non-hydrogen) atoms. The lowest BCUT2D eigenvalue weighted by Gasteiger charge is -2.12. The Kier molecular flexibility index (Phi) is 5.34. The summed E-state index contributed by atoms with van der Waals surface area (Å²) in [6.07, 6.45) is 5.40. The van der Waals surface area contributed by atoms with Crippen LogP contribution in [0.25, 0.3) is 0 Å². The van der Waals surface area contributed by atoms with Crippen molar-refractivity contribution in [3.63, 3.8) is 0 Å². The molecule has 0 aliphatic heterocycles. The number of hydrogen-bond acceptors (Lipinski definition) is 2. The summed E-state index contributed by atoms with van der Waals surface area (Å²) >= 11 is 0. The van der Waals surface area contributed by atoms with Gasteiger partial charge in [-0.3, -0.25) is 0 Å². The lowest BCUT2D eigenvalue weighted by molar-refractivity contribution is 0.404. The molecule has 0 amide bonds. The van der Waals surface area contributed by atoms with Crippen LogP contribution in [0.5, 0.6) is 0 Å². The minimum atomic E-state index is -0.315. The van der Waals surface area contributed by atoms with Crippen molar-refractivity contribution in [1.29, 1.82) is 0 Å². The zero-order valence-electron chi connectivity index (χ0n) is 8.37. The van der Waals surface area contributed by atoms with Crippen molar-refractivity contribution in [2.24, 2.45) is 5.73 Å². The van der Waals surface area contributed by atoms with Gasteiger partial charge in [0.1, 0.15) is 0 Å². The summed E-state index contributed by atoms with van der Waals surface area (Å²) in [5.74, 6) is 0.0979. The molecule has 1 atom stereocenters. The van der Waals surface area contributed by atoms with E-state index in [1.165, 1.54) is 0 Å². The van der Waals surface area contributed by atoms with E-state index in [0.29, 0.717) is 6.42 Å². The van der Waals surface area contributed by atoms with Gasteiger partial charge in [-0.1, -0.05) is 44.5 Å². The Labute approximate surface area is 85.4 Å². The fourth-order valence-electron chi connectivity index (χ4n) is 0.914. The summed E-state index contributed by atoms with van der Waals surface area (Å²) in [5, 5.41) is 8.92. The van der Waals surface area contributed by atoms with Crippen LogP contribution in [0.1, 0.15) is 6.42 Å². The minimum absolute atomic E-state index is 0.0979. The maximum absolute atomic E-state index is 8.92. The summed E-state index contributed by atoms with van der Waals surface area (Å²) in [6, 6.07) is -0.315. The summed E-state index contributed by atoms with van der Waals surface area (Å²) in [7, 11) is 0. The maximum Gasteiger partial charge on any atom is 0.0888 e. The molecule has 0 aromatic rings. The molecule has 0 aliphatic rings. The Morgan fingerprint density at radius 2 is 1.86 bits per heavy atom. The average molecular weight is 191 g/mol. The van der Waals surface area contributed by atoms with Gasteiger partial charge in [0.15, 0.2) is 0 Å². The van der Waals surface area contributed by atoms with E-state index in [2.05, 4.69) is 26.3 Å². The number of aliphatic hydroxyl groups excluding tert-OH is 1. The minimum Gasteiger partial charge on any atom is -0.513 e. The van der Waals surface area contributed by atoms with E-state index in [1.807, 2.05) is 0 Å². The third-order valence-corrected chi connectivity index (χ3v) is 1.83. The Bertz CT molecular complexity index is 287. The van der Waals surface area contributed by atoms with Crippen molar-refractivity contribution in [3.8, 4) is 0 Å². The highest BCUT2D eigenvalue weighted by Crippen LogP contribution is 2.12. The first-order valence-electron chi connectivity index (χ1n) is 4.29. The molecule has 0 aliphatic carbocycles. The highest BCUT2D eigenvalue weighted by molar-refractivity contribution is 5.35. The highest BCUT2D eigenvalue weighted by Gasteiger charge is 2.07.